The van der Waals surface area contributed by atoms with Crippen molar-refractivity contribution in [3.63, 3.8) is 0 Å². The van der Waals surface area contributed by atoms with Gasteiger partial charge in [-0.2, -0.15) is 5.26 Å². The summed E-state index contributed by atoms with van der Waals surface area (Å²) in [4.78, 5) is 2.32. The Bertz CT molecular complexity index is 220. The Labute approximate surface area is 91.8 Å². The third kappa shape index (κ3) is 3.86. The van der Waals surface area contributed by atoms with Crippen molar-refractivity contribution in [3.05, 3.63) is 0 Å². The van der Waals surface area contributed by atoms with E-state index in [4.69, 9.17) is 16.9 Å². The lowest BCUT2D eigenvalue weighted by Crippen LogP contribution is -2.31. The van der Waals surface area contributed by atoms with E-state index in [0.29, 0.717) is 12.0 Å². The molecule has 80 valence electrons. The second-order valence-corrected chi connectivity index (χ2v) is 5.44. The van der Waals surface area contributed by atoms with Crippen molar-refractivity contribution in [3.8, 4) is 6.07 Å². The molecule has 1 unspecified atom stereocenters. The molecule has 1 heterocycles. The molecule has 0 aromatic rings. The number of hydrogen-bond donors (Lipinski definition) is 0. The Morgan fingerprint density at radius 2 is 2.14 bits per heavy atom. The van der Waals surface area contributed by atoms with Crippen LogP contribution in [0.1, 0.15) is 33.1 Å². The Hall–Kier alpha value is -0.260. The van der Waals surface area contributed by atoms with E-state index in [9.17, 15) is 0 Å². The Morgan fingerprint density at radius 1 is 1.43 bits per heavy atom. The average Bonchev–Trinajstić information content (AvgIpc) is 2.28. The minimum atomic E-state index is -0.351. The summed E-state index contributed by atoms with van der Waals surface area (Å²) in [6.07, 6.45) is 3.72. The van der Waals surface area contributed by atoms with E-state index in [1.165, 1.54) is 19.3 Å². The molecule has 0 aromatic carbocycles. The van der Waals surface area contributed by atoms with E-state index in [1.54, 1.807) is 0 Å². The molecular formula is C11H19ClN2. The lowest BCUT2D eigenvalue weighted by Gasteiger charge is -2.23. The second-order valence-electron chi connectivity index (χ2n) is 4.92. The summed E-state index contributed by atoms with van der Waals surface area (Å²) in [6.45, 7) is 7.53. The fourth-order valence-electron chi connectivity index (χ4n) is 1.93. The Kier molecular flexibility index (Phi) is 4.22. The number of hydrogen-bond acceptors (Lipinski definition) is 2. The van der Waals surface area contributed by atoms with Gasteiger partial charge in [0.2, 0.25) is 0 Å². The van der Waals surface area contributed by atoms with Crippen LogP contribution in [-0.2, 0) is 0 Å². The first-order valence-corrected chi connectivity index (χ1v) is 5.73. The fourth-order valence-corrected chi connectivity index (χ4v) is 2.12. The maximum atomic E-state index is 8.63. The third-order valence-electron chi connectivity index (χ3n) is 2.99. The highest BCUT2D eigenvalue weighted by atomic mass is 35.5. The molecule has 0 bridgehead atoms. The standard InChI is InChI=1S/C11H19ClN2/c1-11(2)4-3-6-14(7-5-11)9-10(12)8-13/h10H,3-7,9H2,1-2H3. The highest BCUT2D eigenvalue weighted by Crippen LogP contribution is 2.29. The molecule has 0 aliphatic carbocycles. The van der Waals surface area contributed by atoms with Crippen molar-refractivity contribution in [1.29, 1.82) is 5.26 Å². The Balaban J connectivity index is 2.39. The van der Waals surface area contributed by atoms with Crippen molar-refractivity contribution >= 4 is 11.6 Å². The smallest absolute Gasteiger partial charge is 0.133 e. The van der Waals surface area contributed by atoms with Gasteiger partial charge < -0.3 is 4.90 Å². The molecule has 1 aliphatic heterocycles. The normalized spacial score (nSPS) is 25.0. The van der Waals surface area contributed by atoms with Crippen molar-refractivity contribution in [2.75, 3.05) is 19.6 Å². The van der Waals surface area contributed by atoms with Gasteiger partial charge in [0.05, 0.1) is 6.07 Å². The lowest BCUT2D eigenvalue weighted by molar-refractivity contribution is 0.268. The van der Waals surface area contributed by atoms with Gasteiger partial charge in [0.25, 0.3) is 0 Å². The van der Waals surface area contributed by atoms with Crippen molar-refractivity contribution in [2.24, 2.45) is 5.41 Å². The first kappa shape index (κ1) is 11.8. The molecule has 2 nitrogen and oxygen atoms in total. The summed E-state index contributed by atoms with van der Waals surface area (Å²) in [5.74, 6) is 0. The summed E-state index contributed by atoms with van der Waals surface area (Å²) in [5.41, 5.74) is 0.462. The van der Waals surface area contributed by atoms with Gasteiger partial charge in [-0.1, -0.05) is 13.8 Å². The van der Waals surface area contributed by atoms with Crippen LogP contribution in [0.2, 0.25) is 0 Å². The molecule has 0 spiro atoms. The maximum absolute atomic E-state index is 8.63. The molecule has 14 heavy (non-hydrogen) atoms. The maximum Gasteiger partial charge on any atom is 0.133 e. The van der Waals surface area contributed by atoms with Crippen LogP contribution in [0.3, 0.4) is 0 Å². The van der Waals surface area contributed by atoms with Crippen LogP contribution < -0.4 is 0 Å². The highest BCUT2D eigenvalue weighted by Gasteiger charge is 2.23. The lowest BCUT2D eigenvalue weighted by atomic mass is 9.85. The van der Waals surface area contributed by atoms with Crippen molar-refractivity contribution < 1.29 is 0 Å². The fraction of sp³-hybridized carbons (Fsp3) is 0.909. The predicted molar refractivity (Wildman–Crippen MR) is 59.3 cm³/mol. The third-order valence-corrected chi connectivity index (χ3v) is 3.23. The van der Waals surface area contributed by atoms with Crippen LogP contribution in [0.5, 0.6) is 0 Å². The quantitative estimate of drug-likeness (QED) is 0.661. The molecular weight excluding hydrogens is 196 g/mol. The zero-order valence-electron chi connectivity index (χ0n) is 9.09. The van der Waals surface area contributed by atoms with Crippen LogP contribution in [0.15, 0.2) is 0 Å². The SMILES string of the molecule is CC1(C)CCCN(CC(Cl)C#N)CC1. The zero-order valence-corrected chi connectivity index (χ0v) is 9.85. The molecule has 1 fully saturated rings. The van der Waals surface area contributed by atoms with E-state index in [-0.39, 0.29) is 5.38 Å². The van der Waals surface area contributed by atoms with Gasteiger partial charge in [-0.25, -0.2) is 0 Å². The van der Waals surface area contributed by atoms with E-state index < -0.39 is 0 Å². The van der Waals surface area contributed by atoms with E-state index in [1.807, 2.05) is 0 Å². The minimum absolute atomic E-state index is 0.351. The first-order valence-electron chi connectivity index (χ1n) is 5.29. The van der Waals surface area contributed by atoms with Gasteiger partial charge in [0.15, 0.2) is 0 Å². The summed E-state index contributed by atoms with van der Waals surface area (Å²) >= 11 is 5.82. The van der Waals surface area contributed by atoms with Gasteiger partial charge in [-0.05, 0) is 37.8 Å². The van der Waals surface area contributed by atoms with Crippen LogP contribution in [0.4, 0.5) is 0 Å². The highest BCUT2D eigenvalue weighted by molar-refractivity contribution is 6.22. The second kappa shape index (κ2) is 5.00. The van der Waals surface area contributed by atoms with Gasteiger partial charge >= 0.3 is 0 Å². The summed E-state index contributed by atoms with van der Waals surface area (Å²) in [6, 6.07) is 2.08. The van der Waals surface area contributed by atoms with Crippen LogP contribution in [-0.4, -0.2) is 29.9 Å². The number of nitriles is 1. The molecule has 3 heteroatoms. The minimum Gasteiger partial charge on any atom is -0.301 e. The van der Waals surface area contributed by atoms with Crippen LogP contribution in [0, 0.1) is 16.7 Å². The molecule has 0 N–H and O–H groups in total. The largest absolute Gasteiger partial charge is 0.301 e. The summed E-state index contributed by atoms with van der Waals surface area (Å²) in [5, 5.41) is 8.28. The van der Waals surface area contributed by atoms with Crippen LogP contribution in [0.25, 0.3) is 0 Å². The number of halogens is 1. The predicted octanol–water partition coefficient (Wildman–Crippen LogP) is 2.63. The number of alkyl halides is 1. The Morgan fingerprint density at radius 3 is 2.79 bits per heavy atom. The van der Waals surface area contributed by atoms with Crippen LogP contribution >= 0.6 is 11.6 Å². The van der Waals surface area contributed by atoms with E-state index >= 15 is 0 Å². The van der Waals surface area contributed by atoms with Gasteiger partial charge in [-0.3, -0.25) is 0 Å². The van der Waals surface area contributed by atoms with Gasteiger partial charge in [0, 0.05) is 6.54 Å². The molecule has 0 radical (unpaired) electrons. The molecule has 1 saturated heterocycles. The first-order chi connectivity index (χ1) is 6.53. The molecule has 1 atom stereocenters. The molecule has 0 saturated carbocycles. The number of rotatable bonds is 2. The molecule has 0 amide bonds. The van der Waals surface area contributed by atoms with Crippen molar-refractivity contribution in [2.45, 2.75) is 38.5 Å². The van der Waals surface area contributed by atoms with Gasteiger partial charge in [-0.15, -0.1) is 11.6 Å². The number of likely N-dealkylation sites (tertiary alicyclic amines) is 1. The van der Waals surface area contributed by atoms with E-state index in [2.05, 4.69) is 24.8 Å². The zero-order chi connectivity index (χ0) is 10.6. The molecule has 1 aliphatic rings. The van der Waals surface area contributed by atoms with Gasteiger partial charge in [0.1, 0.15) is 5.38 Å². The number of nitrogens with zero attached hydrogens (tertiary/aromatic N) is 2. The molecule has 0 aromatic heterocycles. The molecule has 1 rings (SSSR count). The van der Waals surface area contributed by atoms with E-state index in [0.717, 1.165) is 13.1 Å². The average molecular weight is 215 g/mol. The summed E-state index contributed by atoms with van der Waals surface area (Å²) < 4.78 is 0. The monoisotopic (exact) mass is 214 g/mol. The van der Waals surface area contributed by atoms with Crippen molar-refractivity contribution in [1.82, 2.24) is 4.90 Å². The summed E-state index contributed by atoms with van der Waals surface area (Å²) in [7, 11) is 0. The topological polar surface area (TPSA) is 27.0 Å².